The van der Waals surface area contributed by atoms with E-state index in [9.17, 15) is 4.39 Å². The number of rotatable bonds is 5. The molecule has 5 rings (SSSR count). The fourth-order valence-electron chi connectivity index (χ4n) is 3.98. The van der Waals surface area contributed by atoms with Gasteiger partial charge in [0.25, 0.3) is 0 Å². The van der Waals surface area contributed by atoms with Gasteiger partial charge in [-0.3, -0.25) is 10.0 Å². The Labute approximate surface area is 178 Å². The Morgan fingerprint density at radius 2 is 2.06 bits per heavy atom. The van der Waals surface area contributed by atoms with Gasteiger partial charge in [0.2, 0.25) is 5.88 Å². The van der Waals surface area contributed by atoms with Crippen LogP contribution in [0.3, 0.4) is 0 Å². The number of hydrazine groups is 1. The van der Waals surface area contributed by atoms with Gasteiger partial charge in [-0.2, -0.15) is 4.52 Å². The zero-order chi connectivity index (χ0) is 21.4. The van der Waals surface area contributed by atoms with Crippen LogP contribution in [-0.2, 0) is 10.2 Å². The van der Waals surface area contributed by atoms with Crippen molar-refractivity contribution in [2.24, 2.45) is 4.99 Å². The molecule has 1 fully saturated rings. The summed E-state index contributed by atoms with van der Waals surface area (Å²) in [6, 6.07) is 8.40. The molecule has 1 atom stereocenters. The Balaban J connectivity index is 1.57. The number of fused-ring (bicyclic) bond motifs is 1. The topological polar surface area (TPSA) is 89.2 Å². The van der Waals surface area contributed by atoms with Gasteiger partial charge >= 0.3 is 0 Å². The average Bonchev–Trinajstić information content (AvgIpc) is 3.38. The number of hydrogen-bond acceptors (Lipinski definition) is 8. The normalized spacial score (nSPS) is 20.5. The van der Waals surface area contributed by atoms with Crippen molar-refractivity contribution >= 4 is 12.0 Å². The second-order valence-electron chi connectivity index (χ2n) is 8.14. The highest BCUT2D eigenvalue weighted by atomic mass is 19.1. The van der Waals surface area contributed by atoms with Crippen molar-refractivity contribution in [2.45, 2.75) is 31.3 Å². The second-order valence-corrected chi connectivity index (χ2v) is 8.14. The summed E-state index contributed by atoms with van der Waals surface area (Å²) >= 11 is 0. The molecule has 0 radical (unpaired) electrons. The summed E-state index contributed by atoms with van der Waals surface area (Å²) in [6.45, 7) is 3.83. The van der Waals surface area contributed by atoms with E-state index < -0.39 is 0 Å². The first kappa shape index (κ1) is 19.8. The van der Waals surface area contributed by atoms with Crippen molar-refractivity contribution < 1.29 is 13.9 Å². The quantitative estimate of drug-likeness (QED) is 0.670. The Hall–Kier alpha value is -3.11. The predicted molar refractivity (Wildman–Crippen MR) is 112 cm³/mol. The van der Waals surface area contributed by atoms with Crippen molar-refractivity contribution in [3.05, 3.63) is 41.7 Å². The number of hydrogen-bond donors (Lipinski definition) is 1. The van der Waals surface area contributed by atoms with E-state index in [2.05, 4.69) is 27.5 Å². The summed E-state index contributed by atoms with van der Waals surface area (Å²) in [5, 5.41) is 15.0. The van der Waals surface area contributed by atoms with Gasteiger partial charge in [-0.25, -0.2) is 9.82 Å². The molecule has 31 heavy (non-hydrogen) atoms. The highest BCUT2D eigenvalue weighted by molar-refractivity contribution is 5.60. The van der Waals surface area contributed by atoms with Crippen LogP contribution >= 0.6 is 0 Å². The van der Waals surface area contributed by atoms with Crippen molar-refractivity contribution in [1.29, 1.82) is 0 Å². The monoisotopic (exact) mass is 425 g/mol. The first-order valence-corrected chi connectivity index (χ1v) is 10.3. The number of nitrogens with zero attached hydrogens (tertiary/aromatic N) is 6. The first-order chi connectivity index (χ1) is 15.0. The Bertz CT molecular complexity index is 1130. The summed E-state index contributed by atoms with van der Waals surface area (Å²) < 4.78 is 27.7. The minimum atomic E-state index is -0.380. The highest BCUT2D eigenvalue weighted by Gasteiger charge is 2.34. The summed E-state index contributed by atoms with van der Waals surface area (Å²) in [5.74, 6) is 0.424. The number of halogens is 1. The molecule has 2 aliphatic rings. The van der Waals surface area contributed by atoms with Gasteiger partial charge in [-0.05, 0) is 31.0 Å². The Morgan fingerprint density at radius 1 is 1.26 bits per heavy atom. The lowest BCUT2D eigenvalue weighted by atomic mass is 9.76. The van der Waals surface area contributed by atoms with Crippen LogP contribution in [0.25, 0.3) is 17.0 Å². The molecule has 0 saturated carbocycles. The van der Waals surface area contributed by atoms with E-state index in [1.54, 1.807) is 29.5 Å². The molecule has 2 aromatic heterocycles. The zero-order valence-corrected chi connectivity index (χ0v) is 17.5. The molecule has 1 N–H and O–H groups in total. The van der Waals surface area contributed by atoms with Crippen LogP contribution in [-0.4, -0.2) is 64.2 Å². The van der Waals surface area contributed by atoms with Gasteiger partial charge in [0.1, 0.15) is 18.8 Å². The molecule has 0 spiro atoms. The molecule has 3 aromatic rings. The van der Waals surface area contributed by atoms with E-state index in [1.807, 2.05) is 13.1 Å². The molecule has 2 aliphatic heterocycles. The third kappa shape index (κ3) is 3.72. The standard InChI is InChI=1S/C21H24FN7O2/c1-21(7-9-30-10-8-21)15-11-18-24-25-19(14-5-3-4-6-16(14)22)29(18)27-20(15)31-12-17-23-13-28(2)26-17/h3-6,11,13,17,26H,7-10,12H2,1-2H3. The molecule has 4 heterocycles. The van der Waals surface area contributed by atoms with Crippen LogP contribution in [0.15, 0.2) is 35.3 Å². The minimum Gasteiger partial charge on any atom is -0.473 e. The minimum absolute atomic E-state index is 0.171. The molecular formula is C21H24FN7O2. The van der Waals surface area contributed by atoms with Gasteiger partial charge in [-0.1, -0.05) is 19.1 Å². The molecular weight excluding hydrogens is 401 g/mol. The van der Waals surface area contributed by atoms with Gasteiger partial charge < -0.3 is 9.47 Å². The summed E-state index contributed by atoms with van der Waals surface area (Å²) in [5.41, 5.74) is 4.83. The van der Waals surface area contributed by atoms with Crippen molar-refractivity contribution in [2.75, 3.05) is 26.9 Å². The molecule has 1 saturated heterocycles. The maximum Gasteiger partial charge on any atom is 0.235 e. The van der Waals surface area contributed by atoms with Crippen LogP contribution in [0.4, 0.5) is 4.39 Å². The molecule has 162 valence electrons. The predicted octanol–water partition coefficient (Wildman–Crippen LogP) is 2.18. The second kappa shape index (κ2) is 7.86. The van der Waals surface area contributed by atoms with Gasteiger partial charge in [0, 0.05) is 31.2 Å². The lowest BCUT2D eigenvalue weighted by Crippen LogP contribution is -2.37. The van der Waals surface area contributed by atoms with E-state index in [0.717, 1.165) is 18.4 Å². The number of nitrogens with one attached hydrogen (secondary N) is 1. The molecule has 1 aromatic carbocycles. The van der Waals surface area contributed by atoms with Crippen LogP contribution in [0, 0.1) is 5.82 Å². The summed E-state index contributed by atoms with van der Waals surface area (Å²) in [4.78, 5) is 4.36. The van der Waals surface area contributed by atoms with E-state index in [4.69, 9.17) is 14.6 Å². The fourth-order valence-corrected chi connectivity index (χ4v) is 3.98. The molecule has 9 nitrogen and oxygen atoms in total. The summed E-state index contributed by atoms with van der Waals surface area (Å²) in [7, 11) is 1.88. The van der Waals surface area contributed by atoms with Crippen molar-refractivity contribution in [3.8, 4) is 17.3 Å². The molecule has 0 aliphatic carbocycles. The number of aliphatic imine (C=N–C) groups is 1. The van der Waals surface area contributed by atoms with Gasteiger partial charge in [0.15, 0.2) is 17.6 Å². The molecule has 0 amide bonds. The smallest absolute Gasteiger partial charge is 0.235 e. The lowest BCUT2D eigenvalue weighted by Gasteiger charge is -2.34. The van der Waals surface area contributed by atoms with Crippen LogP contribution in [0.2, 0.25) is 0 Å². The van der Waals surface area contributed by atoms with E-state index >= 15 is 0 Å². The van der Waals surface area contributed by atoms with Gasteiger partial charge in [-0.15, -0.1) is 15.3 Å². The van der Waals surface area contributed by atoms with E-state index in [1.165, 1.54) is 10.6 Å². The maximum atomic E-state index is 14.4. The third-order valence-electron chi connectivity index (χ3n) is 5.87. The zero-order valence-electron chi connectivity index (χ0n) is 17.5. The van der Waals surface area contributed by atoms with Gasteiger partial charge in [0.05, 0.1) is 5.56 Å². The fraction of sp³-hybridized carbons (Fsp3) is 0.429. The molecule has 0 bridgehead atoms. The number of benzene rings is 1. The highest BCUT2D eigenvalue weighted by Crippen LogP contribution is 2.39. The molecule has 1 unspecified atom stereocenters. The number of ether oxygens (including phenoxy) is 2. The first-order valence-electron chi connectivity index (χ1n) is 10.3. The Kier molecular flexibility index (Phi) is 5.03. The summed E-state index contributed by atoms with van der Waals surface area (Å²) in [6.07, 6.45) is 3.20. The average molecular weight is 425 g/mol. The third-order valence-corrected chi connectivity index (χ3v) is 5.87. The maximum absolute atomic E-state index is 14.4. The van der Waals surface area contributed by atoms with E-state index in [0.29, 0.717) is 42.7 Å². The SMILES string of the molecule is CN1C=NC(COc2nn3c(-c4ccccc4F)nnc3cc2C2(C)CCOCC2)N1. The van der Waals surface area contributed by atoms with Crippen LogP contribution < -0.4 is 10.2 Å². The van der Waals surface area contributed by atoms with E-state index in [-0.39, 0.29) is 17.4 Å². The molecule has 10 heteroatoms. The van der Waals surface area contributed by atoms with Crippen LogP contribution in [0.1, 0.15) is 25.3 Å². The largest absolute Gasteiger partial charge is 0.473 e. The van der Waals surface area contributed by atoms with Crippen molar-refractivity contribution in [1.82, 2.24) is 30.2 Å². The van der Waals surface area contributed by atoms with Crippen LogP contribution in [0.5, 0.6) is 5.88 Å². The lowest BCUT2D eigenvalue weighted by molar-refractivity contribution is 0.0549. The Morgan fingerprint density at radius 3 is 2.81 bits per heavy atom. The number of aromatic nitrogens is 4. The van der Waals surface area contributed by atoms with Crippen molar-refractivity contribution in [3.63, 3.8) is 0 Å².